The van der Waals surface area contributed by atoms with Crippen molar-refractivity contribution in [2.45, 2.75) is 72.1 Å². The van der Waals surface area contributed by atoms with E-state index >= 15 is 0 Å². The van der Waals surface area contributed by atoms with Gasteiger partial charge >= 0.3 is 0 Å². The summed E-state index contributed by atoms with van der Waals surface area (Å²) in [6, 6.07) is -3.74. The van der Waals surface area contributed by atoms with E-state index < -0.39 is 91.1 Å². The van der Waals surface area contributed by atoms with E-state index in [1.807, 2.05) is 13.8 Å². The quantitative estimate of drug-likeness (QED) is 0.0733. The van der Waals surface area contributed by atoms with Crippen molar-refractivity contribution < 1.29 is 38.4 Å². The second kappa shape index (κ2) is 19.0. The maximum atomic E-state index is 12.2. The van der Waals surface area contributed by atoms with Gasteiger partial charge in [-0.3, -0.25) is 38.4 Å². The molecule has 4 atom stereocenters. The van der Waals surface area contributed by atoms with Gasteiger partial charge in [0.15, 0.2) is 0 Å². The van der Waals surface area contributed by atoms with Crippen LogP contribution in [-0.4, -0.2) is 97.6 Å². The third kappa shape index (κ3) is 16.1. The van der Waals surface area contributed by atoms with Crippen molar-refractivity contribution in [1.29, 1.82) is 0 Å². The Balaban J connectivity index is 4.34. The highest BCUT2D eigenvalue weighted by atomic mass is 16.2. The second-order valence-corrected chi connectivity index (χ2v) is 10.4. The Hall–Kier alpha value is -4.28. The van der Waals surface area contributed by atoms with E-state index in [1.54, 1.807) is 13.8 Å². The van der Waals surface area contributed by atoms with Crippen molar-refractivity contribution in [1.82, 2.24) is 37.2 Å². The predicted molar refractivity (Wildman–Crippen MR) is 151 cm³/mol. The molecule has 8 amide bonds. The van der Waals surface area contributed by atoms with Gasteiger partial charge in [0.2, 0.25) is 47.3 Å². The molecular weight excluding hydrogens is 554 g/mol. The van der Waals surface area contributed by atoms with E-state index in [1.165, 1.54) is 13.8 Å². The van der Waals surface area contributed by atoms with Crippen molar-refractivity contribution in [3.05, 3.63) is 0 Å². The van der Waals surface area contributed by atoms with E-state index in [-0.39, 0.29) is 18.4 Å². The third-order valence-electron chi connectivity index (χ3n) is 5.61. The van der Waals surface area contributed by atoms with Gasteiger partial charge < -0.3 is 48.7 Å². The fourth-order valence-electron chi connectivity index (χ4n) is 3.30. The van der Waals surface area contributed by atoms with Gasteiger partial charge in [0.05, 0.1) is 32.2 Å². The van der Waals surface area contributed by atoms with Crippen LogP contribution in [-0.2, 0) is 38.4 Å². The lowest BCUT2D eigenvalue weighted by Crippen LogP contribution is -2.53. The van der Waals surface area contributed by atoms with Gasteiger partial charge in [-0.2, -0.15) is 0 Å². The summed E-state index contributed by atoms with van der Waals surface area (Å²) < 4.78 is 0. The molecule has 0 fully saturated rings. The zero-order chi connectivity index (χ0) is 32.6. The summed E-state index contributed by atoms with van der Waals surface area (Å²) in [5.74, 6) is -5.34. The van der Waals surface area contributed by atoms with E-state index in [2.05, 4.69) is 37.2 Å². The number of nitrogens with two attached hydrogens (primary N) is 2. The third-order valence-corrected chi connectivity index (χ3v) is 5.61. The van der Waals surface area contributed by atoms with Crippen molar-refractivity contribution in [2.24, 2.45) is 23.3 Å². The normalized spacial score (nSPS) is 13.5. The van der Waals surface area contributed by atoms with E-state index in [0.29, 0.717) is 6.42 Å². The summed E-state index contributed by atoms with van der Waals surface area (Å²) in [7, 11) is 0. The molecule has 0 rings (SSSR count). The van der Waals surface area contributed by atoms with Crippen LogP contribution in [0.2, 0.25) is 0 Å². The minimum Gasteiger partial charge on any atom is -0.368 e. The number of amides is 8. The van der Waals surface area contributed by atoms with E-state index in [0.717, 1.165) is 0 Å². The first-order valence-electron chi connectivity index (χ1n) is 13.5. The van der Waals surface area contributed by atoms with Crippen molar-refractivity contribution in [3.63, 3.8) is 0 Å². The molecule has 0 aromatic rings. The van der Waals surface area contributed by atoms with Crippen LogP contribution in [0, 0.1) is 11.8 Å². The Kier molecular flexibility index (Phi) is 17.0. The van der Waals surface area contributed by atoms with Crippen LogP contribution in [0.4, 0.5) is 0 Å². The van der Waals surface area contributed by atoms with Crippen LogP contribution < -0.4 is 48.7 Å². The van der Waals surface area contributed by atoms with Gasteiger partial charge in [-0.05, 0) is 32.1 Å². The summed E-state index contributed by atoms with van der Waals surface area (Å²) in [6.07, 6.45) is 0.449. The van der Waals surface area contributed by atoms with Gasteiger partial charge in [-0.15, -0.1) is 0 Å². The lowest BCUT2D eigenvalue weighted by atomic mass is 10.0. The van der Waals surface area contributed by atoms with Crippen LogP contribution in [0.3, 0.4) is 0 Å². The number of carbonyl (C=O) groups excluding carboxylic acids is 8. The molecule has 0 heterocycles. The number of nitrogens with one attached hydrogen (secondary N) is 7. The minimum atomic E-state index is -1.06. The van der Waals surface area contributed by atoms with Crippen LogP contribution in [0.15, 0.2) is 0 Å². The smallest absolute Gasteiger partial charge is 0.242 e. The SMILES string of the molecule is CC(C)C[C@H](N)C(=O)NCC(=O)N[C@@H](C)C(=O)NCC(=O)NCC(=O)N[C@@H](C)C(=O)NCC(=O)N[C@H](C(N)=O)C(C)C. The number of carbonyl (C=O) groups is 8. The molecule has 11 N–H and O–H groups in total. The average molecular weight is 600 g/mol. The molecule has 0 bridgehead atoms. The molecule has 0 aliphatic heterocycles. The summed E-state index contributed by atoms with van der Waals surface area (Å²) in [5.41, 5.74) is 11.0. The Morgan fingerprint density at radius 1 is 0.548 bits per heavy atom. The lowest BCUT2D eigenvalue weighted by molar-refractivity contribution is -0.132. The largest absolute Gasteiger partial charge is 0.368 e. The molecule has 0 saturated heterocycles. The van der Waals surface area contributed by atoms with Crippen molar-refractivity contribution in [3.8, 4) is 0 Å². The first-order chi connectivity index (χ1) is 19.4. The molecule has 0 saturated carbocycles. The van der Waals surface area contributed by atoms with Gasteiger partial charge in [0.1, 0.15) is 18.1 Å². The highest BCUT2D eigenvalue weighted by Gasteiger charge is 2.23. The number of hydrogen-bond acceptors (Lipinski definition) is 9. The average Bonchev–Trinajstić information content (AvgIpc) is 2.89. The van der Waals surface area contributed by atoms with Crippen LogP contribution >= 0.6 is 0 Å². The predicted octanol–water partition coefficient (Wildman–Crippen LogP) is -4.54. The van der Waals surface area contributed by atoms with Crippen molar-refractivity contribution >= 4 is 47.3 Å². The van der Waals surface area contributed by atoms with Gasteiger partial charge in [0, 0.05) is 0 Å². The first kappa shape index (κ1) is 37.7. The monoisotopic (exact) mass is 599 g/mol. The molecule has 0 aromatic carbocycles. The highest BCUT2D eigenvalue weighted by Crippen LogP contribution is 2.02. The van der Waals surface area contributed by atoms with E-state index in [4.69, 9.17) is 11.5 Å². The standard InChI is InChI=1S/C25H45N9O8/c1-12(2)7-16(26)25(42)31-10-19(37)33-14(5)23(40)29-8-17(35)28-9-18(36)32-15(6)24(41)30-11-20(38)34-21(13(3)4)22(27)39/h12-16,21H,7-11,26H2,1-6H3,(H2,27,39)(H,28,35)(H,29,40)(H,30,41)(H,31,42)(H,32,36)(H,33,37)(H,34,38)/t14-,15-,16-,21-/m0/s1. The van der Waals surface area contributed by atoms with Crippen molar-refractivity contribution in [2.75, 3.05) is 26.2 Å². The summed E-state index contributed by atoms with van der Waals surface area (Å²) in [5, 5.41) is 16.4. The molecule has 17 heteroatoms. The Labute approximate surface area is 244 Å². The lowest BCUT2D eigenvalue weighted by Gasteiger charge is -2.19. The molecule has 238 valence electrons. The summed E-state index contributed by atoms with van der Waals surface area (Å²) >= 11 is 0. The molecule has 0 aromatic heterocycles. The van der Waals surface area contributed by atoms with Gasteiger partial charge in [-0.25, -0.2) is 0 Å². The summed E-state index contributed by atoms with van der Waals surface area (Å²) in [4.78, 5) is 95.6. The number of hydrogen-bond donors (Lipinski definition) is 9. The zero-order valence-corrected chi connectivity index (χ0v) is 24.9. The van der Waals surface area contributed by atoms with Crippen LogP contribution in [0.5, 0.6) is 0 Å². The number of primary amides is 1. The number of rotatable bonds is 18. The maximum absolute atomic E-state index is 12.2. The second-order valence-electron chi connectivity index (χ2n) is 10.4. The Bertz CT molecular complexity index is 1000. The molecule has 17 nitrogen and oxygen atoms in total. The molecule has 42 heavy (non-hydrogen) atoms. The van der Waals surface area contributed by atoms with Gasteiger partial charge in [0.25, 0.3) is 0 Å². The van der Waals surface area contributed by atoms with Crippen LogP contribution in [0.1, 0.15) is 48.0 Å². The fraction of sp³-hybridized carbons (Fsp3) is 0.680. The zero-order valence-electron chi connectivity index (χ0n) is 24.9. The first-order valence-corrected chi connectivity index (χ1v) is 13.5. The molecule has 0 spiro atoms. The molecular formula is C25H45N9O8. The maximum Gasteiger partial charge on any atom is 0.242 e. The molecule has 0 aliphatic rings. The summed E-state index contributed by atoms with van der Waals surface area (Å²) in [6.45, 7) is 8.09. The van der Waals surface area contributed by atoms with E-state index in [9.17, 15) is 38.4 Å². The topological polar surface area (TPSA) is 273 Å². The highest BCUT2D eigenvalue weighted by molar-refractivity contribution is 5.94. The molecule has 0 radical (unpaired) electrons. The molecule has 0 aliphatic carbocycles. The Morgan fingerprint density at radius 2 is 0.929 bits per heavy atom. The molecule has 0 unspecified atom stereocenters. The Morgan fingerprint density at radius 3 is 1.33 bits per heavy atom. The minimum absolute atomic E-state index is 0.200. The van der Waals surface area contributed by atoms with Gasteiger partial charge in [-0.1, -0.05) is 27.7 Å². The fourth-order valence-corrected chi connectivity index (χ4v) is 3.30. The van der Waals surface area contributed by atoms with Crippen LogP contribution in [0.25, 0.3) is 0 Å².